The van der Waals surface area contributed by atoms with E-state index in [4.69, 9.17) is 4.74 Å². The second-order valence-electron chi connectivity index (χ2n) is 4.74. The van der Waals surface area contributed by atoms with Gasteiger partial charge in [-0.05, 0) is 36.8 Å². The lowest BCUT2D eigenvalue weighted by Crippen LogP contribution is -2.22. The summed E-state index contributed by atoms with van der Waals surface area (Å²) >= 11 is 0. The molecule has 2 nitrogen and oxygen atoms in total. The van der Waals surface area contributed by atoms with Crippen molar-refractivity contribution in [1.82, 2.24) is 0 Å². The summed E-state index contributed by atoms with van der Waals surface area (Å²) in [5.74, 6) is 0.295. The van der Waals surface area contributed by atoms with Crippen molar-refractivity contribution in [2.24, 2.45) is 5.92 Å². The van der Waals surface area contributed by atoms with Crippen LogP contribution in [0, 0.1) is 11.7 Å². The van der Waals surface area contributed by atoms with E-state index in [2.05, 4.69) is 0 Å². The van der Waals surface area contributed by atoms with E-state index in [1.807, 2.05) is 0 Å². The predicted octanol–water partition coefficient (Wildman–Crippen LogP) is 2.55. The molecule has 1 heterocycles. The van der Waals surface area contributed by atoms with Crippen molar-refractivity contribution < 1.29 is 14.2 Å². The summed E-state index contributed by atoms with van der Waals surface area (Å²) in [5, 5.41) is 9.97. The summed E-state index contributed by atoms with van der Waals surface area (Å²) in [6.45, 7) is 1.58. The van der Waals surface area contributed by atoms with Crippen LogP contribution >= 0.6 is 0 Å². The van der Waals surface area contributed by atoms with Crippen LogP contribution in [-0.4, -0.2) is 24.4 Å². The van der Waals surface area contributed by atoms with Gasteiger partial charge in [-0.2, -0.15) is 0 Å². The van der Waals surface area contributed by atoms with Gasteiger partial charge in [0.2, 0.25) is 0 Å². The second-order valence-corrected chi connectivity index (χ2v) is 4.74. The Morgan fingerprint density at radius 3 is 2.71 bits per heavy atom. The topological polar surface area (TPSA) is 29.5 Å². The van der Waals surface area contributed by atoms with Gasteiger partial charge in [0.05, 0.1) is 6.10 Å². The lowest BCUT2D eigenvalue weighted by molar-refractivity contribution is 0.0437. The molecule has 1 saturated heterocycles. The minimum Gasteiger partial charge on any atom is -0.393 e. The van der Waals surface area contributed by atoms with E-state index in [9.17, 15) is 9.50 Å². The van der Waals surface area contributed by atoms with Crippen molar-refractivity contribution in [2.75, 3.05) is 13.2 Å². The molecule has 94 valence electrons. The summed E-state index contributed by atoms with van der Waals surface area (Å²) in [7, 11) is 0. The summed E-state index contributed by atoms with van der Waals surface area (Å²) in [6, 6.07) is 6.66. The van der Waals surface area contributed by atoms with E-state index < -0.39 is 6.10 Å². The Balaban J connectivity index is 1.84. The first-order valence-electron chi connectivity index (χ1n) is 6.25. The molecule has 1 atom stereocenters. The summed E-state index contributed by atoms with van der Waals surface area (Å²) in [4.78, 5) is 0. The summed E-state index contributed by atoms with van der Waals surface area (Å²) < 4.78 is 18.7. The van der Waals surface area contributed by atoms with Crippen LogP contribution in [0.2, 0.25) is 0 Å². The number of aliphatic hydroxyl groups is 1. The Morgan fingerprint density at radius 1 is 1.29 bits per heavy atom. The van der Waals surface area contributed by atoms with E-state index >= 15 is 0 Å². The average Bonchev–Trinajstić information content (AvgIpc) is 2.33. The second kappa shape index (κ2) is 6.12. The number of ether oxygens (including phenoxy) is 1. The molecule has 0 radical (unpaired) electrons. The highest BCUT2D eigenvalue weighted by molar-refractivity contribution is 5.18. The van der Waals surface area contributed by atoms with Crippen molar-refractivity contribution in [1.29, 1.82) is 0 Å². The third kappa shape index (κ3) is 3.79. The molecule has 1 aliphatic rings. The minimum absolute atomic E-state index is 0.224. The fraction of sp³-hybridized carbons (Fsp3) is 0.571. The normalized spacial score (nSPS) is 19.2. The maximum Gasteiger partial charge on any atom is 0.126 e. The van der Waals surface area contributed by atoms with E-state index in [0.29, 0.717) is 17.9 Å². The average molecular weight is 238 g/mol. The van der Waals surface area contributed by atoms with Crippen LogP contribution in [-0.2, 0) is 11.2 Å². The zero-order valence-corrected chi connectivity index (χ0v) is 9.94. The lowest BCUT2D eigenvalue weighted by Gasteiger charge is -2.24. The highest BCUT2D eigenvalue weighted by Crippen LogP contribution is 2.22. The van der Waals surface area contributed by atoms with Gasteiger partial charge in [-0.25, -0.2) is 4.39 Å². The van der Waals surface area contributed by atoms with E-state index in [0.717, 1.165) is 32.5 Å². The van der Waals surface area contributed by atoms with Gasteiger partial charge in [-0.15, -0.1) is 0 Å². The zero-order valence-electron chi connectivity index (χ0n) is 9.94. The third-order valence-corrected chi connectivity index (χ3v) is 3.36. The molecule has 0 aliphatic carbocycles. The molecule has 1 fully saturated rings. The Labute approximate surface area is 101 Å². The number of hydrogen-bond donors (Lipinski definition) is 1. The maximum atomic E-state index is 13.4. The van der Waals surface area contributed by atoms with Crippen LogP contribution in [0.25, 0.3) is 0 Å². The highest BCUT2D eigenvalue weighted by Gasteiger charge is 2.18. The Bertz CT molecular complexity index is 348. The fourth-order valence-electron chi connectivity index (χ4n) is 2.37. The van der Waals surface area contributed by atoms with E-state index in [1.165, 1.54) is 6.07 Å². The van der Waals surface area contributed by atoms with Crippen LogP contribution in [0.15, 0.2) is 24.3 Å². The van der Waals surface area contributed by atoms with Crippen molar-refractivity contribution >= 4 is 0 Å². The van der Waals surface area contributed by atoms with Crippen molar-refractivity contribution in [3.05, 3.63) is 35.6 Å². The number of rotatable bonds is 4. The van der Waals surface area contributed by atoms with Gasteiger partial charge >= 0.3 is 0 Å². The molecule has 17 heavy (non-hydrogen) atoms. The Hall–Kier alpha value is -0.930. The Morgan fingerprint density at radius 2 is 2.00 bits per heavy atom. The molecule has 2 rings (SSSR count). The number of aliphatic hydroxyl groups excluding tert-OH is 1. The molecule has 1 aromatic rings. The summed E-state index contributed by atoms with van der Waals surface area (Å²) in [6.07, 6.45) is 2.72. The first-order chi connectivity index (χ1) is 8.25. The molecule has 3 heteroatoms. The molecule has 1 unspecified atom stereocenters. The number of benzene rings is 1. The van der Waals surface area contributed by atoms with Crippen LogP contribution in [0.1, 0.15) is 24.8 Å². The van der Waals surface area contributed by atoms with Gasteiger partial charge in [0, 0.05) is 19.6 Å². The maximum absolute atomic E-state index is 13.4. The lowest BCUT2D eigenvalue weighted by atomic mass is 9.91. The zero-order chi connectivity index (χ0) is 12.1. The highest BCUT2D eigenvalue weighted by atomic mass is 19.1. The SMILES string of the molecule is OC(Cc1ccccc1F)CC1CCOCC1. The monoisotopic (exact) mass is 238 g/mol. The first kappa shape index (κ1) is 12.5. The molecule has 1 N–H and O–H groups in total. The molecule has 1 aliphatic heterocycles. The molecular weight excluding hydrogens is 219 g/mol. The van der Waals surface area contributed by atoms with Gasteiger partial charge in [-0.1, -0.05) is 18.2 Å². The van der Waals surface area contributed by atoms with Gasteiger partial charge in [0.15, 0.2) is 0 Å². The molecule has 0 saturated carbocycles. The van der Waals surface area contributed by atoms with Crippen molar-refractivity contribution in [2.45, 2.75) is 31.8 Å². The van der Waals surface area contributed by atoms with Gasteiger partial charge < -0.3 is 9.84 Å². The minimum atomic E-state index is -0.449. The van der Waals surface area contributed by atoms with Gasteiger partial charge in [0.25, 0.3) is 0 Å². The molecule has 0 aromatic heterocycles. The predicted molar refractivity (Wildman–Crippen MR) is 64.3 cm³/mol. The molecule has 0 amide bonds. The van der Waals surface area contributed by atoms with E-state index in [-0.39, 0.29) is 5.82 Å². The quantitative estimate of drug-likeness (QED) is 0.873. The smallest absolute Gasteiger partial charge is 0.126 e. The van der Waals surface area contributed by atoms with Gasteiger partial charge in [-0.3, -0.25) is 0 Å². The van der Waals surface area contributed by atoms with Crippen molar-refractivity contribution in [3.63, 3.8) is 0 Å². The number of halogens is 1. The third-order valence-electron chi connectivity index (χ3n) is 3.36. The van der Waals surface area contributed by atoms with Gasteiger partial charge in [0.1, 0.15) is 5.82 Å². The first-order valence-corrected chi connectivity index (χ1v) is 6.25. The van der Waals surface area contributed by atoms with Crippen molar-refractivity contribution in [3.8, 4) is 0 Å². The molecular formula is C14H19FO2. The van der Waals surface area contributed by atoms with Crippen LogP contribution in [0.3, 0.4) is 0 Å². The standard InChI is InChI=1S/C14H19FO2/c15-14-4-2-1-3-12(14)10-13(16)9-11-5-7-17-8-6-11/h1-4,11,13,16H,5-10H2. The summed E-state index contributed by atoms with van der Waals surface area (Å²) in [5.41, 5.74) is 0.604. The molecule has 1 aromatic carbocycles. The number of hydrogen-bond acceptors (Lipinski definition) is 2. The van der Waals surface area contributed by atoms with Crippen LogP contribution < -0.4 is 0 Å². The Kier molecular flexibility index (Phi) is 4.51. The van der Waals surface area contributed by atoms with Crippen LogP contribution in [0.5, 0.6) is 0 Å². The molecule has 0 spiro atoms. The largest absolute Gasteiger partial charge is 0.393 e. The van der Waals surface area contributed by atoms with E-state index in [1.54, 1.807) is 18.2 Å². The fourth-order valence-corrected chi connectivity index (χ4v) is 2.37. The molecule has 0 bridgehead atoms. The van der Waals surface area contributed by atoms with Crippen LogP contribution in [0.4, 0.5) is 4.39 Å².